The van der Waals surface area contributed by atoms with Crippen LogP contribution in [0.4, 0.5) is 0 Å². The van der Waals surface area contributed by atoms with Crippen molar-refractivity contribution in [3.63, 3.8) is 0 Å². The zero-order chi connectivity index (χ0) is 16.0. The van der Waals surface area contributed by atoms with Crippen molar-refractivity contribution < 1.29 is 19.4 Å². The van der Waals surface area contributed by atoms with E-state index in [2.05, 4.69) is 31.1 Å². The summed E-state index contributed by atoms with van der Waals surface area (Å²) in [5.74, 6) is -1.40. The van der Waals surface area contributed by atoms with Gasteiger partial charge in [-0.15, -0.1) is 11.3 Å². The molecule has 0 aliphatic heterocycles. The number of thiazole rings is 1. The number of rotatable bonds is 7. The number of aliphatic carboxylic acids is 1. The lowest BCUT2D eigenvalue weighted by Crippen LogP contribution is -2.42. The first kappa shape index (κ1) is 17.6. The molecule has 2 N–H and O–H groups in total. The van der Waals surface area contributed by atoms with Gasteiger partial charge in [0.25, 0.3) is 0 Å². The van der Waals surface area contributed by atoms with Gasteiger partial charge in [-0.05, 0) is 0 Å². The zero-order valence-electron chi connectivity index (χ0n) is 12.8. The summed E-state index contributed by atoms with van der Waals surface area (Å²) < 4.78 is 4.84. The van der Waals surface area contributed by atoms with E-state index >= 15 is 0 Å². The van der Waals surface area contributed by atoms with Crippen LogP contribution in [0, 0.1) is 0 Å². The number of hydrogen-bond donors (Lipinski definition) is 2. The average Bonchev–Trinajstić information content (AvgIpc) is 2.82. The van der Waals surface area contributed by atoms with E-state index in [1.165, 1.54) is 18.4 Å². The summed E-state index contributed by atoms with van der Waals surface area (Å²) in [6, 6.07) is -0.932. The molecule has 0 fully saturated rings. The molecule has 7 heteroatoms. The number of carbonyl (C=O) groups excluding carboxylic acids is 1. The molecule has 1 rings (SSSR count). The minimum absolute atomic E-state index is 0.0541. The Balaban J connectivity index is 2.60. The van der Waals surface area contributed by atoms with Gasteiger partial charge >= 0.3 is 5.97 Å². The molecule has 1 amide bonds. The van der Waals surface area contributed by atoms with E-state index in [0.717, 1.165) is 5.01 Å². The van der Waals surface area contributed by atoms with Crippen molar-refractivity contribution in [3.8, 4) is 0 Å². The molecule has 0 radical (unpaired) electrons. The summed E-state index contributed by atoms with van der Waals surface area (Å²) in [5.41, 5.74) is 0.611. The van der Waals surface area contributed by atoms with Gasteiger partial charge in [0, 0.05) is 30.9 Å². The number of carboxylic acids is 1. The maximum atomic E-state index is 11.9. The van der Waals surface area contributed by atoms with Crippen molar-refractivity contribution >= 4 is 23.2 Å². The average molecular weight is 314 g/mol. The van der Waals surface area contributed by atoms with Crippen LogP contribution in [0.2, 0.25) is 0 Å². The molecule has 0 spiro atoms. The maximum Gasteiger partial charge on any atom is 0.326 e. The van der Waals surface area contributed by atoms with E-state index in [1.807, 2.05) is 5.38 Å². The van der Waals surface area contributed by atoms with Crippen LogP contribution in [0.15, 0.2) is 5.38 Å². The zero-order valence-corrected chi connectivity index (χ0v) is 13.6. The van der Waals surface area contributed by atoms with Crippen LogP contribution in [-0.4, -0.2) is 41.7 Å². The van der Waals surface area contributed by atoms with E-state index in [-0.39, 0.29) is 30.8 Å². The van der Waals surface area contributed by atoms with Gasteiger partial charge in [0.1, 0.15) is 6.04 Å². The Morgan fingerprint density at radius 2 is 2.14 bits per heavy atom. The summed E-state index contributed by atoms with van der Waals surface area (Å²) in [6.07, 6.45) is 0.325. The predicted octanol–water partition coefficient (Wildman–Crippen LogP) is 1.59. The van der Waals surface area contributed by atoms with E-state index in [0.29, 0.717) is 5.69 Å². The van der Waals surface area contributed by atoms with Crippen molar-refractivity contribution in [1.29, 1.82) is 0 Å². The molecular formula is C14H22N2O4S. The SMILES string of the molecule is COCCC(NC(=O)Cc1csc(C(C)(C)C)n1)C(=O)O. The van der Waals surface area contributed by atoms with Crippen LogP contribution in [0.3, 0.4) is 0 Å². The minimum atomic E-state index is -1.06. The van der Waals surface area contributed by atoms with E-state index < -0.39 is 12.0 Å². The Labute approximate surface area is 128 Å². The molecule has 1 aromatic heterocycles. The molecule has 21 heavy (non-hydrogen) atoms. The van der Waals surface area contributed by atoms with Gasteiger partial charge in [-0.3, -0.25) is 4.79 Å². The van der Waals surface area contributed by atoms with Crippen LogP contribution in [-0.2, 0) is 26.2 Å². The number of amides is 1. The van der Waals surface area contributed by atoms with Crippen molar-refractivity contribution in [2.24, 2.45) is 0 Å². The fourth-order valence-electron chi connectivity index (χ4n) is 1.64. The highest BCUT2D eigenvalue weighted by atomic mass is 32.1. The largest absolute Gasteiger partial charge is 0.480 e. The third-order valence-electron chi connectivity index (χ3n) is 2.78. The summed E-state index contributed by atoms with van der Waals surface area (Å²) in [5, 5.41) is 14.3. The van der Waals surface area contributed by atoms with Gasteiger partial charge in [-0.2, -0.15) is 0 Å². The maximum absolute atomic E-state index is 11.9. The molecule has 118 valence electrons. The Hall–Kier alpha value is -1.47. The Morgan fingerprint density at radius 1 is 1.48 bits per heavy atom. The van der Waals surface area contributed by atoms with Gasteiger partial charge in [-0.1, -0.05) is 20.8 Å². The van der Waals surface area contributed by atoms with Gasteiger partial charge in [0.05, 0.1) is 17.1 Å². The van der Waals surface area contributed by atoms with Crippen LogP contribution in [0.25, 0.3) is 0 Å². The van der Waals surface area contributed by atoms with Crippen molar-refractivity contribution in [2.75, 3.05) is 13.7 Å². The number of carbonyl (C=O) groups is 2. The van der Waals surface area contributed by atoms with Crippen LogP contribution >= 0.6 is 11.3 Å². The first-order valence-corrected chi connectivity index (χ1v) is 7.58. The lowest BCUT2D eigenvalue weighted by Gasteiger charge is -2.14. The fourth-order valence-corrected chi connectivity index (χ4v) is 2.54. The van der Waals surface area contributed by atoms with Crippen molar-refractivity contribution in [2.45, 2.75) is 45.1 Å². The smallest absolute Gasteiger partial charge is 0.326 e. The summed E-state index contributed by atoms with van der Waals surface area (Å²) in [7, 11) is 1.49. The van der Waals surface area contributed by atoms with E-state index in [4.69, 9.17) is 9.84 Å². The summed E-state index contributed by atoms with van der Waals surface area (Å²) in [6.45, 7) is 6.45. The minimum Gasteiger partial charge on any atom is -0.480 e. The highest BCUT2D eigenvalue weighted by molar-refractivity contribution is 7.09. The van der Waals surface area contributed by atoms with Gasteiger partial charge in [0.2, 0.25) is 5.91 Å². The Morgan fingerprint density at radius 3 is 2.62 bits per heavy atom. The normalized spacial score (nSPS) is 13.0. The molecule has 6 nitrogen and oxygen atoms in total. The van der Waals surface area contributed by atoms with Gasteiger partial charge in [0.15, 0.2) is 0 Å². The molecule has 1 heterocycles. The molecular weight excluding hydrogens is 292 g/mol. The number of hydrogen-bond acceptors (Lipinski definition) is 5. The second-order valence-corrected chi connectivity index (χ2v) is 6.67. The number of aromatic nitrogens is 1. The molecule has 1 unspecified atom stereocenters. The monoisotopic (exact) mass is 314 g/mol. The van der Waals surface area contributed by atoms with Crippen LogP contribution in [0.1, 0.15) is 37.9 Å². The van der Waals surface area contributed by atoms with Crippen molar-refractivity contribution in [1.82, 2.24) is 10.3 Å². The fraction of sp³-hybridized carbons (Fsp3) is 0.643. The third kappa shape index (κ3) is 5.81. The second kappa shape index (κ2) is 7.51. The highest BCUT2D eigenvalue weighted by Gasteiger charge is 2.22. The highest BCUT2D eigenvalue weighted by Crippen LogP contribution is 2.25. The lowest BCUT2D eigenvalue weighted by atomic mass is 9.98. The Kier molecular flexibility index (Phi) is 6.29. The molecule has 0 aromatic carbocycles. The van der Waals surface area contributed by atoms with Crippen LogP contribution in [0.5, 0.6) is 0 Å². The number of ether oxygens (including phenoxy) is 1. The number of methoxy groups -OCH3 is 1. The number of nitrogens with one attached hydrogen (secondary N) is 1. The summed E-state index contributed by atoms with van der Waals surface area (Å²) >= 11 is 1.51. The quantitative estimate of drug-likeness (QED) is 0.798. The summed E-state index contributed by atoms with van der Waals surface area (Å²) in [4.78, 5) is 27.4. The lowest BCUT2D eigenvalue weighted by molar-refractivity contribution is -0.142. The molecule has 1 aromatic rings. The van der Waals surface area contributed by atoms with E-state index in [1.54, 1.807) is 0 Å². The topological polar surface area (TPSA) is 88.5 Å². The predicted molar refractivity (Wildman–Crippen MR) is 80.6 cm³/mol. The van der Waals surface area contributed by atoms with Gasteiger partial charge < -0.3 is 15.2 Å². The molecule has 0 saturated carbocycles. The van der Waals surface area contributed by atoms with Crippen LogP contribution < -0.4 is 5.32 Å². The molecule has 0 aliphatic carbocycles. The second-order valence-electron chi connectivity index (χ2n) is 5.81. The van der Waals surface area contributed by atoms with Gasteiger partial charge in [-0.25, -0.2) is 9.78 Å². The third-order valence-corrected chi connectivity index (χ3v) is 4.10. The first-order chi connectivity index (χ1) is 9.74. The van der Waals surface area contributed by atoms with E-state index in [9.17, 15) is 9.59 Å². The molecule has 0 aliphatic rings. The first-order valence-electron chi connectivity index (χ1n) is 6.70. The number of nitrogens with zero attached hydrogens (tertiary/aromatic N) is 1. The molecule has 0 bridgehead atoms. The van der Waals surface area contributed by atoms with Crippen molar-refractivity contribution in [3.05, 3.63) is 16.1 Å². The molecule has 0 saturated heterocycles. The standard InChI is InChI=1S/C14H22N2O4S/c1-14(2,3)13-15-9(8-21-13)7-11(17)16-10(12(18)19)5-6-20-4/h8,10H,5-7H2,1-4H3,(H,16,17)(H,18,19). The number of carboxylic acid groups (broad SMARTS) is 1. The molecule has 1 atom stereocenters. The Bertz CT molecular complexity index is 493.